The lowest BCUT2D eigenvalue weighted by molar-refractivity contribution is -0.154. The van der Waals surface area contributed by atoms with Gasteiger partial charge in [0, 0.05) is 0 Å². The minimum atomic E-state index is -4.49. The van der Waals surface area contributed by atoms with Crippen LogP contribution in [0, 0.1) is 0 Å². The van der Waals surface area contributed by atoms with E-state index < -0.39 is 18.8 Å². The second-order valence-electron chi connectivity index (χ2n) is 3.02. The lowest BCUT2D eigenvalue weighted by Crippen LogP contribution is -2.21. The van der Waals surface area contributed by atoms with Crippen LogP contribution in [0.4, 0.5) is 19.1 Å². The first-order valence-corrected chi connectivity index (χ1v) is 4.50. The summed E-state index contributed by atoms with van der Waals surface area (Å²) in [5.74, 6) is -0.371. The van der Waals surface area contributed by atoms with E-state index in [0.717, 1.165) is 4.68 Å². The van der Waals surface area contributed by atoms with Crippen molar-refractivity contribution in [2.75, 3.05) is 12.3 Å². The van der Waals surface area contributed by atoms with Crippen molar-refractivity contribution >= 4 is 5.95 Å². The second-order valence-corrected chi connectivity index (χ2v) is 3.02. The van der Waals surface area contributed by atoms with E-state index in [1.807, 2.05) is 0 Å². The molecule has 0 unspecified atom stereocenters. The molecule has 2 aromatic rings. The fourth-order valence-corrected chi connectivity index (χ4v) is 0.986. The maximum Gasteiger partial charge on any atom is 0.422 e. The number of nitrogens with two attached hydrogens (primary N) is 1. The van der Waals surface area contributed by atoms with E-state index in [2.05, 4.69) is 29.8 Å². The Bertz CT molecular complexity index is 526. The molecule has 0 aliphatic rings. The van der Waals surface area contributed by atoms with Crippen LogP contribution in [0.5, 0.6) is 6.01 Å². The average Bonchev–Trinajstić information content (AvgIpc) is 2.78. The topological polar surface area (TPSA) is 105 Å². The molecule has 0 radical (unpaired) electrons. The minimum Gasteiger partial charge on any atom is -0.454 e. The fraction of sp³-hybridized carbons (Fsp3) is 0.286. The molecule has 2 heterocycles. The Hall–Kier alpha value is -2.46. The number of ether oxygens (including phenoxy) is 1. The Labute approximate surface area is 97.7 Å². The summed E-state index contributed by atoms with van der Waals surface area (Å²) in [7, 11) is 0. The molecule has 0 spiro atoms. The quantitative estimate of drug-likeness (QED) is 0.827. The normalized spacial score (nSPS) is 11.5. The molecule has 11 heteroatoms. The lowest BCUT2D eigenvalue weighted by Gasteiger charge is -2.08. The number of rotatable bonds is 3. The highest BCUT2D eigenvalue weighted by molar-refractivity contribution is 5.23. The SMILES string of the molecule is Nc1nc(OCC(F)(F)F)nc(-n2cncn2)n1. The summed E-state index contributed by atoms with van der Waals surface area (Å²) in [6.07, 6.45) is -2.03. The fourth-order valence-electron chi connectivity index (χ4n) is 0.986. The smallest absolute Gasteiger partial charge is 0.422 e. The predicted octanol–water partition coefficient (Wildman–Crippen LogP) is -0.0244. The van der Waals surface area contributed by atoms with Gasteiger partial charge in [-0.05, 0) is 0 Å². The molecular formula is C7H6F3N7O. The highest BCUT2D eigenvalue weighted by Crippen LogP contribution is 2.16. The van der Waals surface area contributed by atoms with Gasteiger partial charge in [0.2, 0.25) is 5.95 Å². The van der Waals surface area contributed by atoms with Crippen molar-refractivity contribution in [3.63, 3.8) is 0 Å². The summed E-state index contributed by atoms with van der Waals surface area (Å²) in [4.78, 5) is 14.3. The van der Waals surface area contributed by atoms with Crippen LogP contribution in [-0.4, -0.2) is 42.5 Å². The van der Waals surface area contributed by atoms with Crippen LogP contribution < -0.4 is 10.5 Å². The monoisotopic (exact) mass is 261 g/mol. The predicted molar refractivity (Wildman–Crippen MR) is 50.7 cm³/mol. The molecule has 2 N–H and O–H groups in total. The zero-order chi connectivity index (χ0) is 13.2. The molecule has 0 saturated heterocycles. The van der Waals surface area contributed by atoms with E-state index in [1.165, 1.54) is 12.7 Å². The standard InChI is InChI=1S/C7H6F3N7O/c8-7(9,10)1-18-6-15-4(11)14-5(16-6)17-3-12-2-13-17/h2-3H,1H2,(H2,11,14,15,16). The molecule has 0 bridgehead atoms. The number of nitrogens with zero attached hydrogens (tertiary/aromatic N) is 6. The molecule has 2 aromatic heterocycles. The summed E-state index contributed by atoms with van der Waals surface area (Å²) < 4.78 is 41.4. The zero-order valence-electron chi connectivity index (χ0n) is 8.66. The maximum absolute atomic E-state index is 12.0. The second kappa shape index (κ2) is 4.43. The van der Waals surface area contributed by atoms with Crippen LogP contribution in [0.2, 0.25) is 0 Å². The molecular weight excluding hydrogens is 255 g/mol. The molecule has 2 rings (SSSR count). The summed E-state index contributed by atoms with van der Waals surface area (Å²) in [6, 6.07) is -0.537. The van der Waals surface area contributed by atoms with Crippen molar-refractivity contribution < 1.29 is 17.9 Å². The molecule has 0 fully saturated rings. The van der Waals surface area contributed by atoms with Crippen molar-refractivity contribution in [2.24, 2.45) is 0 Å². The first kappa shape index (κ1) is 12.0. The number of nitrogen functional groups attached to an aromatic ring is 1. The van der Waals surface area contributed by atoms with Crippen LogP contribution in [-0.2, 0) is 0 Å². The van der Waals surface area contributed by atoms with Crippen LogP contribution in [0.3, 0.4) is 0 Å². The van der Waals surface area contributed by atoms with Crippen LogP contribution in [0.1, 0.15) is 0 Å². The summed E-state index contributed by atoms with van der Waals surface area (Å²) in [5, 5.41) is 3.70. The van der Waals surface area contributed by atoms with Gasteiger partial charge < -0.3 is 10.5 Å². The molecule has 96 valence electrons. The first-order valence-electron chi connectivity index (χ1n) is 4.50. The summed E-state index contributed by atoms with van der Waals surface area (Å²) in [6.45, 7) is -1.52. The molecule has 0 atom stereocenters. The van der Waals surface area contributed by atoms with Gasteiger partial charge >= 0.3 is 12.2 Å². The molecule has 0 amide bonds. The Morgan fingerprint density at radius 2 is 2.06 bits per heavy atom. The van der Waals surface area contributed by atoms with Crippen molar-refractivity contribution in [1.29, 1.82) is 0 Å². The minimum absolute atomic E-state index is 0.0859. The Balaban J connectivity index is 2.22. The van der Waals surface area contributed by atoms with Gasteiger partial charge in [0.1, 0.15) is 12.7 Å². The van der Waals surface area contributed by atoms with E-state index in [0.29, 0.717) is 0 Å². The number of aromatic nitrogens is 6. The van der Waals surface area contributed by atoms with Gasteiger partial charge in [-0.25, -0.2) is 4.98 Å². The summed E-state index contributed by atoms with van der Waals surface area (Å²) >= 11 is 0. The van der Waals surface area contributed by atoms with Crippen molar-refractivity contribution in [1.82, 2.24) is 29.7 Å². The third-order valence-electron chi connectivity index (χ3n) is 1.61. The van der Waals surface area contributed by atoms with E-state index in [4.69, 9.17) is 5.73 Å². The van der Waals surface area contributed by atoms with E-state index in [9.17, 15) is 13.2 Å². The first-order chi connectivity index (χ1) is 8.44. The van der Waals surface area contributed by atoms with Gasteiger partial charge in [0.05, 0.1) is 0 Å². The van der Waals surface area contributed by atoms with Gasteiger partial charge in [-0.15, -0.1) is 0 Å². The number of hydrogen-bond donors (Lipinski definition) is 1. The van der Waals surface area contributed by atoms with Gasteiger partial charge in [-0.2, -0.15) is 37.9 Å². The van der Waals surface area contributed by atoms with Crippen molar-refractivity contribution in [3.8, 4) is 12.0 Å². The third kappa shape index (κ3) is 3.02. The van der Waals surface area contributed by atoms with Crippen molar-refractivity contribution in [2.45, 2.75) is 6.18 Å². The largest absolute Gasteiger partial charge is 0.454 e. The van der Waals surface area contributed by atoms with Gasteiger partial charge in [-0.3, -0.25) is 0 Å². The Morgan fingerprint density at radius 3 is 2.67 bits per heavy atom. The maximum atomic E-state index is 12.0. The molecule has 0 aliphatic carbocycles. The number of halogens is 3. The Kier molecular flexibility index (Phi) is 2.95. The number of alkyl halides is 3. The molecule has 0 aliphatic heterocycles. The molecule has 0 aromatic carbocycles. The average molecular weight is 261 g/mol. The van der Waals surface area contributed by atoms with E-state index in [-0.39, 0.29) is 11.9 Å². The van der Waals surface area contributed by atoms with Gasteiger partial charge in [0.15, 0.2) is 6.61 Å². The summed E-state index contributed by atoms with van der Waals surface area (Å²) in [5.41, 5.74) is 5.32. The van der Waals surface area contributed by atoms with Crippen LogP contribution in [0.25, 0.3) is 5.95 Å². The highest BCUT2D eigenvalue weighted by Gasteiger charge is 2.29. The molecule has 8 nitrogen and oxygen atoms in total. The number of hydrogen-bond acceptors (Lipinski definition) is 7. The zero-order valence-corrected chi connectivity index (χ0v) is 8.66. The third-order valence-corrected chi connectivity index (χ3v) is 1.61. The Morgan fingerprint density at radius 1 is 1.28 bits per heavy atom. The van der Waals surface area contributed by atoms with E-state index >= 15 is 0 Å². The van der Waals surface area contributed by atoms with Crippen molar-refractivity contribution in [3.05, 3.63) is 12.7 Å². The highest BCUT2D eigenvalue weighted by atomic mass is 19.4. The molecule has 18 heavy (non-hydrogen) atoms. The molecule has 0 saturated carbocycles. The van der Waals surface area contributed by atoms with Crippen LogP contribution in [0.15, 0.2) is 12.7 Å². The van der Waals surface area contributed by atoms with Crippen LogP contribution >= 0.6 is 0 Å². The van der Waals surface area contributed by atoms with Gasteiger partial charge in [0.25, 0.3) is 5.95 Å². The number of anilines is 1. The van der Waals surface area contributed by atoms with E-state index in [1.54, 1.807) is 0 Å². The lowest BCUT2D eigenvalue weighted by atomic mass is 10.7. The van der Waals surface area contributed by atoms with Gasteiger partial charge in [-0.1, -0.05) is 0 Å².